The molecule has 2 unspecified atom stereocenters. The number of hydrogen-bond acceptors (Lipinski definition) is 5. The lowest BCUT2D eigenvalue weighted by molar-refractivity contribution is -0.143. The molecule has 55 heavy (non-hydrogen) atoms. The first kappa shape index (κ1) is 53.6. The van der Waals surface area contributed by atoms with E-state index in [0.29, 0.717) is 19.4 Å². The second kappa shape index (κ2) is 45.3. The monoisotopic (exact) mass is 778 g/mol. The van der Waals surface area contributed by atoms with E-state index in [1.165, 1.54) is 180 Å². The van der Waals surface area contributed by atoms with E-state index in [1.54, 1.807) is 6.08 Å². The Bertz CT molecular complexity index is 817. The first-order valence-corrected chi connectivity index (χ1v) is 24.5. The van der Waals surface area contributed by atoms with Gasteiger partial charge in [-0.2, -0.15) is 0 Å². The summed E-state index contributed by atoms with van der Waals surface area (Å²) in [4.78, 5) is 24.4. The third-order valence-electron chi connectivity index (χ3n) is 11.3. The number of aliphatic hydroxyl groups is 2. The maximum atomic E-state index is 12.4. The highest BCUT2D eigenvalue weighted by Crippen LogP contribution is 2.16. The van der Waals surface area contributed by atoms with Crippen LogP contribution in [0.15, 0.2) is 12.2 Å². The van der Waals surface area contributed by atoms with Crippen molar-refractivity contribution in [3.05, 3.63) is 12.2 Å². The predicted molar refractivity (Wildman–Crippen MR) is 237 cm³/mol. The third kappa shape index (κ3) is 42.0. The maximum absolute atomic E-state index is 12.4. The number of aliphatic hydroxyl groups excluding tert-OH is 2. The van der Waals surface area contributed by atoms with Crippen LogP contribution < -0.4 is 5.32 Å². The third-order valence-corrected chi connectivity index (χ3v) is 11.3. The summed E-state index contributed by atoms with van der Waals surface area (Å²) < 4.78 is 5.46. The van der Waals surface area contributed by atoms with Gasteiger partial charge in [0.15, 0.2) is 0 Å². The molecular weight excluding hydrogens is 683 g/mol. The Balaban J connectivity index is 3.45. The maximum Gasteiger partial charge on any atom is 0.305 e. The van der Waals surface area contributed by atoms with Gasteiger partial charge in [-0.25, -0.2) is 0 Å². The van der Waals surface area contributed by atoms with Crippen molar-refractivity contribution in [2.45, 2.75) is 276 Å². The lowest BCUT2D eigenvalue weighted by Gasteiger charge is -2.20. The van der Waals surface area contributed by atoms with E-state index in [1.807, 2.05) is 6.08 Å². The molecule has 0 aromatic rings. The first-order valence-electron chi connectivity index (χ1n) is 24.5. The van der Waals surface area contributed by atoms with Crippen molar-refractivity contribution >= 4 is 11.9 Å². The SMILES string of the molecule is CCCCCCCCCC/C=C/C(O)C(CO)NC(=O)CCCCCCCCCCCOC(=O)CCCCCCCCCCCCCCCCCCCCC. The Morgan fingerprint density at radius 1 is 0.491 bits per heavy atom. The Morgan fingerprint density at radius 3 is 1.24 bits per heavy atom. The zero-order valence-electron chi connectivity index (χ0n) is 36.9. The molecule has 0 saturated heterocycles. The fraction of sp³-hybridized carbons (Fsp3) is 0.918. The van der Waals surface area contributed by atoms with E-state index in [0.717, 1.165) is 57.8 Å². The molecule has 0 aliphatic carbocycles. The molecular formula is C49H95NO5. The standard InChI is InChI=1S/C49H95NO5/c1-3-5-7-9-11-13-15-16-17-18-19-20-21-22-23-27-31-35-39-43-49(54)55-44-40-36-32-28-24-26-30-34-38-42-48(53)50-46(45-51)47(52)41-37-33-29-25-14-12-10-8-6-4-2/h37,41,46-47,51-52H,3-36,38-40,42-45H2,1-2H3,(H,50,53)/b41-37+. The van der Waals surface area contributed by atoms with Crippen molar-refractivity contribution in [1.82, 2.24) is 5.32 Å². The largest absolute Gasteiger partial charge is 0.466 e. The molecule has 0 saturated carbocycles. The van der Waals surface area contributed by atoms with Crippen LogP contribution in [0.2, 0.25) is 0 Å². The smallest absolute Gasteiger partial charge is 0.305 e. The van der Waals surface area contributed by atoms with E-state index >= 15 is 0 Å². The molecule has 2 atom stereocenters. The van der Waals surface area contributed by atoms with Crippen molar-refractivity contribution in [2.75, 3.05) is 13.2 Å². The predicted octanol–water partition coefficient (Wildman–Crippen LogP) is 14.2. The highest BCUT2D eigenvalue weighted by molar-refractivity contribution is 5.76. The van der Waals surface area contributed by atoms with Gasteiger partial charge in [-0.1, -0.05) is 231 Å². The number of unbranched alkanes of at least 4 members (excludes halogenated alkanes) is 34. The summed E-state index contributed by atoms with van der Waals surface area (Å²) in [5.41, 5.74) is 0. The van der Waals surface area contributed by atoms with Crippen molar-refractivity contribution in [1.29, 1.82) is 0 Å². The summed E-state index contributed by atoms with van der Waals surface area (Å²) in [5.74, 6) is -0.120. The van der Waals surface area contributed by atoms with Gasteiger partial charge in [-0.3, -0.25) is 9.59 Å². The normalized spacial score (nSPS) is 12.7. The average molecular weight is 778 g/mol. The van der Waals surface area contributed by atoms with Gasteiger partial charge in [0, 0.05) is 12.8 Å². The van der Waals surface area contributed by atoms with E-state index in [2.05, 4.69) is 19.2 Å². The molecule has 3 N–H and O–H groups in total. The summed E-state index contributed by atoms with van der Waals surface area (Å²) in [6.07, 6.45) is 50.7. The summed E-state index contributed by atoms with van der Waals surface area (Å²) in [5, 5.41) is 22.9. The van der Waals surface area contributed by atoms with Crippen LogP contribution in [0.25, 0.3) is 0 Å². The fourth-order valence-electron chi connectivity index (χ4n) is 7.51. The second-order valence-electron chi connectivity index (χ2n) is 16.8. The van der Waals surface area contributed by atoms with Crippen molar-refractivity contribution in [2.24, 2.45) is 0 Å². The van der Waals surface area contributed by atoms with E-state index < -0.39 is 12.1 Å². The molecule has 0 spiro atoms. The van der Waals surface area contributed by atoms with Gasteiger partial charge >= 0.3 is 5.97 Å². The molecule has 6 heteroatoms. The Hall–Kier alpha value is -1.40. The number of allylic oxidation sites excluding steroid dienone is 1. The van der Waals surface area contributed by atoms with Crippen LogP contribution in [0, 0.1) is 0 Å². The highest BCUT2D eigenvalue weighted by atomic mass is 16.5. The first-order chi connectivity index (χ1) is 27.0. The number of nitrogens with one attached hydrogen (secondary N) is 1. The molecule has 0 rings (SSSR count). The van der Waals surface area contributed by atoms with Gasteiger partial charge in [0.05, 0.1) is 25.4 Å². The van der Waals surface area contributed by atoms with Gasteiger partial charge in [-0.05, 0) is 32.1 Å². The molecule has 0 aromatic carbocycles. The van der Waals surface area contributed by atoms with Gasteiger partial charge in [-0.15, -0.1) is 0 Å². The van der Waals surface area contributed by atoms with Crippen LogP contribution in [0.1, 0.15) is 264 Å². The minimum Gasteiger partial charge on any atom is -0.466 e. The van der Waals surface area contributed by atoms with Crippen LogP contribution in [-0.2, 0) is 14.3 Å². The van der Waals surface area contributed by atoms with Crippen LogP contribution in [0.5, 0.6) is 0 Å². The minimum atomic E-state index is -0.858. The molecule has 0 aromatic heterocycles. The Kier molecular flexibility index (Phi) is 44.2. The van der Waals surface area contributed by atoms with Gasteiger partial charge in [0.2, 0.25) is 5.91 Å². The number of carbonyl (C=O) groups excluding carboxylic acids is 2. The van der Waals surface area contributed by atoms with Crippen molar-refractivity contribution in [3.8, 4) is 0 Å². The van der Waals surface area contributed by atoms with Crippen LogP contribution in [0.3, 0.4) is 0 Å². The zero-order valence-corrected chi connectivity index (χ0v) is 36.9. The number of hydrogen-bond donors (Lipinski definition) is 3. The van der Waals surface area contributed by atoms with Gasteiger partial charge in [0.25, 0.3) is 0 Å². The van der Waals surface area contributed by atoms with E-state index in [-0.39, 0.29) is 18.5 Å². The Morgan fingerprint density at radius 2 is 0.836 bits per heavy atom. The fourth-order valence-corrected chi connectivity index (χ4v) is 7.51. The number of rotatable bonds is 45. The summed E-state index contributed by atoms with van der Waals surface area (Å²) in [6, 6.07) is -0.644. The molecule has 0 bridgehead atoms. The summed E-state index contributed by atoms with van der Waals surface area (Å²) in [6.45, 7) is 4.82. The topological polar surface area (TPSA) is 95.9 Å². The van der Waals surface area contributed by atoms with Crippen LogP contribution in [0.4, 0.5) is 0 Å². The molecule has 0 heterocycles. The van der Waals surface area contributed by atoms with Crippen molar-refractivity contribution in [3.63, 3.8) is 0 Å². The molecule has 0 fully saturated rings. The second-order valence-corrected chi connectivity index (χ2v) is 16.8. The van der Waals surface area contributed by atoms with Gasteiger partial charge in [0.1, 0.15) is 0 Å². The number of carbonyl (C=O) groups is 2. The number of esters is 1. The van der Waals surface area contributed by atoms with E-state index in [4.69, 9.17) is 4.74 Å². The minimum absolute atomic E-state index is 0.0232. The molecule has 0 aliphatic heterocycles. The van der Waals surface area contributed by atoms with Crippen molar-refractivity contribution < 1.29 is 24.5 Å². The highest BCUT2D eigenvalue weighted by Gasteiger charge is 2.18. The zero-order chi connectivity index (χ0) is 40.1. The quantitative estimate of drug-likeness (QED) is 0.0325. The lowest BCUT2D eigenvalue weighted by Crippen LogP contribution is -2.45. The van der Waals surface area contributed by atoms with Crippen LogP contribution >= 0.6 is 0 Å². The number of amides is 1. The molecule has 0 radical (unpaired) electrons. The molecule has 1 amide bonds. The van der Waals surface area contributed by atoms with Crippen LogP contribution in [-0.4, -0.2) is 47.4 Å². The average Bonchev–Trinajstić information content (AvgIpc) is 3.18. The summed E-state index contributed by atoms with van der Waals surface area (Å²) >= 11 is 0. The van der Waals surface area contributed by atoms with E-state index in [9.17, 15) is 19.8 Å². The molecule has 6 nitrogen and oxygen atoms in total. The summed E-state index contributed by atoms with van der Waals surface area (Å²) in [7, 11) is 0. The number of ether oxygens (including phenoxy) is 1. The Labute approximate surface area is 342 Å². The molecule has 326 valence electrons. The molecule has 0 aliphatic rings. The lowest BCUT2D eigenvalue weighted by atomic mass is 10.0. The van der Waals surface area contributed by atoms with Gasteiger partial charge < -0.3 is 20.3 Å².